The Labute approximate surface area is 147 Å². The van der Waals surface area contributed by atoms with E-state index in [1.165, 1.54) is 10.8 Å². The lowest BCUT2D eigenvalue weighted by Crippen LogP contribution is -2.30. The van der Waals surface area contributed by atoms with Crippen LogP contribution in [0.15, 0.2) is 29.0 Å². The maximum absolute atomic E-state index is 13.4. The molecule has 2 aromatic heterocycles. The molecule has 0 radical (unpaired) electrons. The van der Waals surface area contributed by atoms with E-state index in [4.69, 9.17) is 10.8 Å². The Bertz CT molecular complexity index is 944. The van der Waals surface area contributed by atoms with Crippen LogP contribution in [0.5, 0.6) is 0 Å². The molecule has 1 unspecified atom stereocenters. The molecule has 2 heterocycles. The summed E-state index contributed by atoms with van der Waals surface area (Å²) in [6, 6.07) is 2.05. The standard InChI is InChI=1S/C14H11BrF2N6O2/c15-10-11(22-13-19-5-20-23(13)12(10)18)9(21-14(24)25)3-6-1-7(16)4-8(17)2-6/h1-2,4-5,9,21H,3,18H2,(H,24,25). The van der Waals surface area contributed by atoms with Crippen LogP contribution in [-0.4, -0.2) is 30.8 Å². The summed E-state index contributed by atoms with van der Waals surface area (Å²) in [5.41, 5.74) is 6.43. The Morgan fingerprint density at radius 2 is 2.04 bits per heavy atom. The minimum absolute atomic E-state index is 0.0453. The van der Waals surface area contributed by atoms with Crippen LogP contribution >= 0.6 is 15.9 Å². The lowest BCUT2D eigenvalue weighted by atomic mass is 10.0. The fourth-order valence-corrected chi connectivity index (χ4v) is 2.96. The number of anilines is 1. The second-order valence-corrected chi connectivity index (χ2v) is 5.95. The highest BCUT2D eigenvalue weighted by Crippen LogP contribution is 2.29. The van der Waals surface area contributed by atoms with Gasteiger partial charge in [0.05, 0.1) is 16.2 Å². The van der Waals surface area contributed by atoms with Crippen molar-refractivity contribution in [1.29, 1.82) is 0 Å². The Hall–Kier alpha value is -2.82. The highest BCUT2D eigenvalue weighted by molar-refractivity contribution is 9.10. The number of aromatic nitrogens is 4. The van der Waals surface area contributed by atoms with Crippen molar-refractivity contribution in [2.45, 2.75) is 12.5 Å². The summed E-state index contributed by atoms with van der Waals surface area (Å²) < 4.78 is 28.4. The van der Waals surface area contributed by atoms with Crippen LogP contribution in [0.2, 0.25) is 0 Å². The van der Waals surface area contributed by atoms with Gasteiger partial charge in [0.15, 0.2) is 0 Å². The van der Waals surface area contributed by atoms with E-state index >= 15 is 0 Å². The number of hydrogen-bond acceptors (Lipinski definition) is 5. The van der Waals surface area contributed by atoms with Gasteiger partial charge in [0.25, 0.3) is 5.78 Å². The quantitative estimate of drug-likeness (QED) is 0.604. The fraction of sp³-hybridized carbons (Fsp3) is 0.143. The van der Waals surface area contributed by atoms with E-state index in [0.717, 1.165) is 18.2 Å². The van der Waals surface area contributed by atoms with Crippen molar-refractivity contribution in [2.75, 3.05) is 5.73 Å². The molecule has 0 saturated carbocycles. The zero-order valence-corrected chi connectivity index (χ0v) is 14.0. The maximum Gasteiger partial charge on any atom is 0.405 e. The number of amides is 1. The Balaban J connectivity index is 2.06. The highest BCUT2D eigenvalue weighted by atomic mass is 79.9. The average molecular weight is 413 g/mol. The van der Waals surface area contributed by atoms with E-state index in [-0.39, 0.29) is 29.3 Å². The van der Waals surface area contributed by atoms with Crippen LogP contribution in [-0.2, 0) is 6.42 Å². The molecule has 8 nitrogen and oxygen atoms in total. The van der Waals surface area contributed by atoms with Crippen molar-refractivity contribution in [1.82, 2.24) is 24.9 Å². The molecular weight excluding hydrogens is 402 g/mol. The highest BCUT2D eigenvalue weighted by Gasteiger charge is 2.23. The topological polar surface area (TPSA) is 118 Å². The zero-order valence-electron chi connectivity index (χ0n) is 12.4. The van der Waals surface area contributed by atoms with E-state index < -0.39 is 23.8 Å². The molecular formula is C14H11BrF2N6O2. The smallest absolute Gasteiger partial charge is 0.405 e. The number of rotatable bonds is 4. The van der Waals surface area contributed by atoms with Crippen LogP contribution < -0.4 is 11.1 Å². The van der Waals surface area contributed by atoms with Crippen molar-refractivity contribution in [3.05, 3.63) is 51.9 Å². The van der Waals surface area contributed by atoms with Gasteiger partial charge >= 0.3 is 6.09 Å². The minimum atomic E-state index is -1.32. The van der Waals surface area contributed by atoms with Gasteiger partial charge in [-0.05, 0) is 40.0 Å². The van der Waals surface area contributed by atoms with Gasteiger partial charge in [-0.15, -0.1) is 0 Å². The zero-order chi connectivity index (χ0) is 18.1. The SMILES string of the molecule is Nc1c(Br)c(C(Cc2cc(F)cc(F)c2)NC(=O)O)nc2ncnn12. The van der Waals surface area contributed by atoms with Gasteiger partial charge in [-0.1, -0.05) is 0 Å². The molecule has 3 rings (SSSR count). The molecule has 0 spiro atoms. The number of carboxylic acid groups (broad SMARTS) is 1. The number of hydrogen-bond donors (Lipinski definition) is 3. The Kier molecular flexibility index (Phi) is 4.49. The summed E-state index contributed by atoms with van der Waals surface area (Å²) in [4.78, 5) is 19.3. The van der Waals surface area contributed by atoms with Crippen LogP contribution in [0.1, 0.15) is 17.3 Å². The molecule has 3 aromatic rings. The van der Waals surface area contributed by atoms with Gasteiger partial charge in [-0.3, -0.25) is 0 Å². The van der Waals surface area contributed by atoms with Crippen molar-refractivity contribution in [3.63, 3.8) is 0 Å². The number of nitrogens with zero attached hydrogens (tertiary/aromatic N) is 4. The normalized spacial score (nSPS) is 12.3. The van der Waals surface area contributed by atoms with Gasteiger partial charge < -0.3 is 16.2 Å². The Morgan fingerprint density at radius 3 is 2.68 bits per heavy atom. The van der Waals surface area contributed by atoms with E-state index in [0.29, 0.717) is 4.47 Å². The molecule has 1 atom stereocenters. The second kappa shape index (κ2) is 6.59. The van der Waals surface area contributed by atoms with Crippen molar-refractivity contribution < 1.29 is 18.7 Å². The molecule has 4 N–H and O–H groups in total. The first-order chi connectivity index (χ1) is 11.8. The summed E-state index contributed by atoms with van der Waals surface area (Å²) in [7, 11) is 0. The second-order valence-electron chi connectivity index (χ2n) is 5.15. The summed E-state index contributed by atoms with van der Waals surface area (Å²) in [5.74, 6) is -1.19. The van der Waals surface area contributed by atoms with Crippen molar-refractivity contribution in [2.24, 2.45) is 0 Å². The summed E-state index contributed by atoms with van der Waals surface area (Å²) >= 11 is 3.26. The number of nitrogens with one attached hydrogen (secondary N) is 1. The van der Waals surface area contributed by atoms with Gasteiger partial charge in [0.2, 0.25) is 0 Å². The first-order valence-corrected chi connectivity index (χ1v) is 7.73. The molecule has 0 aliphatic carbocycles. The first kappa shape index (κ1) is 17.0. The van der Waals surface area contributed by atoms with Crippen LogP contribution in [0.3, 0.4) is 0 Å². The van der Waals surface area contributed by atoms with E-state index in [1.54, 1.807) is 0 Å². The molecule has 130 valence electrons. The first-order valence-electron chi connectivity index (χ1n) is 6.94. The van der Waals surface area contributed by atoms with Gasteiger partial charge in [-0.2, -0.15) is 14.6 Å². The summed E-state index contributed by atoms with van der Waals surface area (Å²) in [6.07, 6.45) is -0.122. The largest absolute Gasteiger partial charge is 0.465 e. The van der Waals surface area contributed by atoms with Crippen molar-refractivity contribution >= 4 is 33.6 Å². The number of carbonyl (C=O) groups is 1. The van der Waals surface area contributed by atoms with Crippen LogP contribution in [0, 0.1) is 11.6 Å². The molecule has 0 aliphatic rings. The fourth-order valence-electron chi connectivity index (χ4n) is 2.42. The third-order valence-electron chi connectivity index (χ3n) is 3.42. The lowest BCUT2D eigenvalue weighted by molar-refractivity contribution is 0.189. The predicted octanol–water partition coefficient (Wildman–Crippen LogP) is 2.30. The van der Waals surface area contributed by atoms with Crippen LogP contribution in [0.25, 0.3) is 5.78 Å². The molecule has 0 aliphatic heterocycles. The monoisotopic (exact) mass is 412 g/mol. The van der Waals surface area contributed by atoms with Gasteiger partial charge in [0, 0.05) is 6.07 Å². The summed E-state index contributed by atoms with van der Waals surface area (Å²) in [6.45, 7) is 0. The number of halogens is 3. The van der Waals surface area contributed by atoms with Gasteiger partial charge in [0.1, 0.15) is 23.8 Å². The molecule has 1 aromatic carbocycles. The minimum Gasteiger partial charge on any atom is -0.465 e. The third-order valence-corrected chi connectivity index (χ3v) is 4.23. The van der Waals surface area contributed by atoms with E-state index in [9.17, 15) is 13.6 Å². The van der Waals surface area contributed by atoms with E-state index in [2.05, 4.69) is 36.3 Å². The maximum atomic E-state index is 13.4. The lowest BCUT2D eigenvalue weighted by Gasteiger charge is -2.19. The summed E-state index contributed by atoms with van der Waals surface area (Å²) in [5, 5.41) is 15.3. The van der Waals surface area contributed by atoms with Crippen LogP contribution in [0.4, 0.5) is 19.4 Å². The molecule has 11 heteroatoms. The Morgan fingerprint density at radius 1 is 1.36 bits per heavy atom. The molecule has 25 heavy (non-hydrogen) atoms. The third kappa shape index (κ3) is 3.50. The van der Waals surface area contributed by atoms with Gasteiger partial charge in [-0.25, -0.2) is 18.6 Å². The molecule has 0 fully saturated rings. The number of benzene rings is 1. The molecule has 1 amide bonds. The van der Waals surface area contributed by atoms with Crippen molar-refractivity contribution in [3.8, 4) is 0 Å². The van der Waals surface area contributed by atoms with E-state index in [1.807, 2.05) is 0 Å². The number of nitrogen functional groups attached to an aromatic ring is 1. The molecule has 0 bridgehead atoms. The average Bonchev–Trinajstić information content (AvgIpc) is 2.97. The number of nitrogens with two attached hydrogens (primary N) is 1. The number of fused-ring (bicyclic) bond motifs is 1. The molecule has 0 saturated heterocycles. The predicted molar refractivity (Wildman–Crippen MR) is 86.9 cm³/mol.